The van der Waals surface area contributed by atoms with Gasteiger partial charge in [-0.05, 0) is 20.0 Å². The monoisotopic (exact) mass is 296 g/mol. The van der Waals surface area contributed by atoms with Gasteiger partial charge >= 0.3 is 0 Å². The van der Waals surface area contributed by atoms with Crippen molar-refractivity contribution in [3.05, 3.63) is 17.5 Å². The molecule has 0 aliphatic heterocycles. The smallest absolute Gasteiger partial charge is 0.255 e. The third-order valence-electron chi connectivity index (χ3n) is 2.93. The molecule has 20 heavy (non-hydrogen) atoms. The normalized spacial score (nSPS) is 11.8. The zero-order chi connectivity index (χ0) is 14.7. The van der Waals surface area contributed by atoms with Crippen LogP contribution in [0.3, 0.4) is 0 Å². The van der Waals surface area contributed by atoms with Crippen molar-refractivity contribution < 1.29 is 0 Å². The van der Waals surface area contributed by atoms with E-state index in [4.69, 9.17) is 11.6 Å². The quantitative estimate of drug-likeness (QED) is 0.761. The van der Waals surface area contributed by atoms with Gasteiger partial charge in [0, 0.05) is 25.7 Å². The molecule has 0 aliphatic carbocycles. The lowest BCUT2D eigenvalue weighted by atomic mass is 10.2. The number of rotatable bonds is 6. The largest absolute Gasteiger partial charge is 0.355 e. The molecule has 6 nitrogen and oxygen atoms in total. The zero-order valence-electron chi connectivity index (χ0n) is 12.4. The Balaban J connectivity index is 2.36. The fraction of sp³-hybridized carbons (Fsp3) is 0.615. The molecule has 0 aromatic carbocycles. The van der Waals surface area contributed by atoms with Crippen LogP contribution in [0.1, 0.15) is 13.8 Å². The number of fused-ring (bicyclic) bond motifs is 1. The lowest BCUT2D eigenvalue weighted by Gasteiger charge is -2.28. The highest BCUT2D eigenvalue weighted by Gasteiger charge is 2.15. The van der Waals surface area contributed by atoms with Crippen LogP contribution in [0.4, 0.5) is 5.82 Å². The molecule has 0 saturated heterocycles. The second kappa shape index (κ2) is 6.37. The Morgan fingerprint density at radius 2 is 2.05 bits per heavy atom. The van der Waals surface area contributed by atoms with Gasteiger partial charge in [-0.25, -0.2) is 0 Å². The molecular weight excluding hydrogens is 276 g/mol. The predicted octanol–water partition coefficient (Wildman–Crippen LogP) is 1.80. The second-order valence-electron chi connectivity index (χ2n) is 5.55. The van der Waals surface area contributed by atoms with E-state index < -0.39 is 0 Å². The first-order chi connectivity index (χ1) is 9.47. The second-order valence-corrected chi connectivity index (χ2v) is 5.94. The number of likely N-dealkylation sites (N-methyl/N-ethyl adjacent to an activating group) is 1. The van der Waals surface area contributed by atoms with E-state index in [2.05, 4.69) is 52.8 Å². The minimum atomic E-state index is 0.444. The van der Waals surface area contributed by atoms with Crippen molar-refractivity contribution in [2.24, 2.45) is 5.92 Å². The van der Waals surface area contributed by atoms with E-state index >= 15 is 0 Å². The van der Waals surface area contributed by atoms with E-state index in [0.717, 1.165) is 25.5 Å². The Morgan fingerprint density at radius 1 is 1.30 bits per heavy atom. The highest BCUT2D eigenvalue weighted by Crippen LogP contribution is 2.20. The van der Waals surface area contributed by atoms with Gasteiger partial charge in [-0.15, -0.1) is 0 Å². The van der Waals surface area contributed by atoms with Gasteiger partial charge in [-0.1, -0.05) is 25.4 Å². The molecule has 7 heteroatoms. The SMILES string of the molecule is CC(C)CN(CCN(C)C)c1cc(Cl)nc2ncnn12. The fourth-order valence-electron chi connectivity index (χ4n) is 2.05. The maximum absolute atomic E-state index is 6.09. The minimum absolute atomic E-state index is 0.444. The van der Waals surface area contributed by atoms with Crippen molar-refractivity contribution in [2.45, 2.75) is 13.8 Å². The average Bonchev–Trinajstić information content (AvgIpc) is 2.80. The summed E-state index contributed by atoms with van der Waals surface area (Å²) >= 11 is 6.09. The van der Waals surface area contributed by atoms with Crippen LogP contribution in [-0.4, -0.2) is 58.2 Å². The molecule has 0 spiro atoms. The zero-order valence-corrected chi connectivity index (χ0v) is 13.2. The third-order valence-corrected chi connectivity index (χ3v) is 3.12. The predicted molar refractivity (Wildman–Crippen MR) is 81.4 cm³/mol. The van der Waals surface area contributed by atoms with Crippen LogP contribution in [0.2, 0.25) is 5.15 Å². The molecule has 2 aromatic heterocycles. The molecule has 0 amide bonds. The van der Waals surface area contributed by atoms with Gasteiger partial charge in [0.05, 0.1) is 0 Å². The lowest BCUT2D eigenvalue weighted by Crippen LogP contribution is -2.35. The number of hydrogen-bond donors (Lipinski definition) is 0. The van der Waals surface area contributed by atoms with Gasteiger partial charge in [-0.2, -0.15) is 19.6 Å². The van der Waals surface area contributed by atoms with Crippen LogP contribution in [0.25, 0.3) is 5.78 Å². The van der Waals surface area contributed by atoms with Crippen molar-refractivity contribution in [1.82, 2.24) is 24.5 Å². The highest BCUT2D eigenvalue weighted by atomic mass is 35.5. The van der Waals surface area contributed by atoms with Crippen LogP contribution >= 0.6 is 11.6 Å². The Hall–Kier alpha value is -1.40. The van der Waals surface area contributed by atoms with Gasteiger partial charge < -0.3 is 9.80 Å². The van der Waals surface area contributed by atoms with E-state index in [-0.39, 0.29) is 0 Å². The highest BCUT2D eigenvalue weighted by molar-refractivity contribution is 6.29. The number of nitrogens with zero attached hydrogens (tertiary/aromatic N) is 6. The molecule has 0 radical (unpaired) electrons. The average molecular weight is 297 g/mol. The molecule has 0 saturated carbocycles. The minimum Gasteiger partial charge on any atom is -0.355 e. The summed E-state index contributed by atoms with van der Waals surface area (Å²) in [7, 11) is 4.14. The Labute approximate surface area is 124 Å². The Morgan fingerprint density at radius 3 is 2.70 bits per heavy atom. The first kappa shape index (κ1) is 15.0. The van der Waals surface area contributed by atoms with Crippen LogP contribution in [0.15, 0.2) is 12.4 Å². The maximum atomic E-state index is 6.09. The third kappa shape index (κ3) is 3.58. The van der Waals surface area contributed by atoms with Crippen molar-refractivity contribution in [3.8, 4) is 0 Å². The first-order valence-corrected chi connectivity index (χ1v) is 7.11. The van der Waals surface area contributed by atoms with Crippen LogP contribution < -0.4 is 4.90 Å². The summed E-state index contributed by atoms with van der Waals surface area (Å²) in [5.74, 6) is 2.02. The van der Waals surface area contributed by atoms with E-state index in [0.29, 0.717) is 16.8 Å². The van der Waals surface area contributed by atoms with Gasteiger partial charge in [-0.3, -0.25) is 0 Å². The van der Waals surface area contributed by atoms with E-state index in [9.17, 15) is 0 Å². The molecule has 0 fully saturated rings. The summed E-state index contributed by atoms with van der Waals surface area (Å²) < 4.78 is 1.74. The molecule has 0 aliphatic rings. The van der Waals surface area contributed by atoms with Crippen molar-refractivity contribution in [1.29, 1.82) is 0 Å². The summed E-state index contributed by atoms with van der Waals surface area (Å²) in [6.45, 7) is 7.19. The van der Waals surface area contributed by atoms with Gasteiger partial charge in [0.1, 0.15) is 17.3 Å². The van der Waals surface area contributed by atoms with Crippen LogP contribution in [0.5, 0.6) is 0 Å². The van der Waals surface area contributed by atoms with Gasteiger partial charge in [0.2, 0.25) is 0 Å². The number of anilines is 1. The van der Waals surface area contributed by atoms with Crippen LogP contribution in [-0.2, 0) is 0 Å². The van der Waals surface area contributed by atoms with Gasteiger partial charge in [0.15, 0.2) is 0 Å². The molecule has 2 rings (SSSR count). The first-order valence-electron chi connectivity index (χ1n) is 6.73. The molecule has 2 aromatic rings. The molecule has 110 valence electrons. The summed E-state index contributed by atoms with van der Waals surface area (Å²) in [6, 6.07) is 1.85. The maximum Gasteiger partial charge on any atom is 0.255 e. The standard InChI is InChI=1S/C13H21ClN6/c1-10(2)8-19(6-5-18(3)4)12-7-11(14)17-13-15-9-16-20(12)13/h7,9-10H,5-6,8H2,1-4H3. The van der Waals surface area contributed by atoms with Crippen molar-refractivity contribution >= 4 is 23.2 Å². The molecule has 0 atom stereocenters. The molecule has 2 heterocycles. The Bertz CT molecular complexity index is 565. The number of aromatic nitrogens is 4. The Kier molecular flexibility index (Phi) is 4.77. The topological polar surface area (TPSA) is 49.6 Å². The summed E-state index contributed by atoms with van der Waals surface area (Å²) in [5, 5.41) is 4.69. The van der Waals surface area contributed by atoms with Crippen LogP contribution in [0, 0.1) is 5.92 Å². The van der Waals surface area contributed by atoms with Crippen molar-refractivity contribution in [3.63, 3.8) is 0 Å². The molecule has 0 N–H and O–H groups in total. The molecular formula is C13H21ClN6. The van der Waals surface area contributed by atoms with Gasteiger partial charge in [0.25, 0.3) is 5.78 Å². The number of hydrogen-bond acceptors (Lipinski definition) is 5. The fourth-order valence-corrected chi connectivity index (χ4v) is 2.23. The van der Waals surface area contributed by atoms with E-state index in [1.54, 1.807) is 4.52 Å². The summed E-state index contributed by atoms with van der Waals surface area (Å²) in [6.07, 6.45) is 1.50. The van der Waals surface area contributed by atoms with E-state index in [1.165, 1.54) is 6.33 Å². The summed E-state index contributed by atoms with van der Waals surface area (Å²) in [4.78, 5) is 12.7. The van der Waals surface area contributed by atoms with Crippen molar-refractivity contribution in [2.75, 3.05) is 38.6 Å². The molecule has 0 unspecified atom stereocenters. The molecule has 0 bridgehead atoms. The van der Waals surface area contributed by atoms with E-state index in [1.807, 2.05) is 6.07 Å². The number of halogens is 1. The summed E-state index contributed by atoms with van der Waals surface area (Å²) in [5.41, 5.74) is 0. The lowest BCUT2D eigenvalue weighted by molar-refractivity contribution is 0.408.